The van der Waals surface area contributed by atoms with E-state index in [9.17, 15) is 4.79 Å². The number of fused-ring (bicyclic) bond motifs is 3. The number of carbonyl (C=O) groups excluding carboxylic acids is 1. The van der Waals surface area contributed by atoms with Crippen molar-refractivity contribution in [2.45, 2.75) is 19.4 Å². The number of ether oxygens (including phenoxy) is 3. The molecule has 5 rings (SSSR count). The van der Waals surface area contributed by atoms with Gasteiger partial charge in [-0.3, -0.25) is 0 Å². The summed E-state index contributed by atoms with van der Waals surface area (Å²) in [6.45, 7) is 2.55. The number of hydrogen-bond acceptors (Lipinski definition) is 4. The number of methoxy groups -OCH3 is 3. The van der Waals surface area contributed by atoms with E-state index in [-0.39, 0.29) is 12.1 Å². The standard InChI is InChI=1S/C28H29N3O4/c1-17-5-12-25(35-4)24(15-17)30-28(32)31-14-13-21-22-16-20(34-3)10-11-23(22)29-26(21)27(31)18-6-8-19(33-2)9-7-18/h5-12,15-16,27,29H,13-14H2,1-4H3,(H,30,32)/t27-/m0/s1. The molecule has 0 aliphatic carbocycles. The third-order valence-corrected chi connectivity index (χ3v) is 6.62. The van der Waals surface area contributed by atoms with Crippen molar-refractivity contribution in [2.24, 2.45) is 0 Å². The van der Waals surface area contributed by atoms with Gasteiger partial charge in [0.1, 0.15) is 17.2 Å². The molecule has 7 heteroatoms. The highest BCUT2D eigenvalue weighted by molar-refractivity contribution is 5.93. The molecule has 1 aromatic heterocycles. The maximum absolute atomic E-state index is 13.7. The molecule has 1 atom stereocenters. The first-order chi connectivity index (χ1) is 17.0. The van der Waals surface area contributed by atoms with Gasteiger partial charge in [0.05, 0.1) is 33.1 Å². The average Bonchev–Trinajstić information content (AvgIpc) is 3.26. The molecule has 0 spiro atoms. The number of nitrogens with one attached hydrogen (secondary N) is 2. The van der Waals surface area contributed by atoms with Gasteiger partial charge in [0.15, 0.2) is 0 Å². The predicted molar refractivity (Wildman–Crippen MR) is 137 cm³/mol. The number of rotatable bonds is 5. The van der Waals surface area contributed by atoms with Crippen LogP contribution < -0.4 is 19.5 Å². The summed E-state index contributed by atoms with van der Waals surface area (Å²) in [6.07, 6.45) is 0.730. The Hall–Kier alpha value is -4.13. The van der Waals surface area contributed by atoms with Crippen molar-refractivity contribution in [3.05, 3.63) is 83.0 Å². The van der Waals surface area contributed by atoms with Crippen LogP contribution in [0.25, 0.3) is 10.9 Å². The zero-order valence-corrected chi connectivity index (χ0v) is 20.3. The minimum Gasteiger partial charge on any atom is -0.497 e. The quantitative estimate of drug-likeness (QED) is 0.393. The Morgan fingerprint density at radius 1 is 0.943 bits per heavy atom. The third-order valence-electron chi connectivity index (χ3n) is 6.62. The third kappa shape index (κ3) is 4.14. The van der Waals surface area contributed by atoms with Gasteiger partial charge in [-0.05, 0) is 72.5 Å². The first kappa shape index (κ1) is 22.7. The summed E-state index contributed by atoms with van der Waals surface area (Å²) < 4.78 is 16.3. The number of aromatic nitrogens is 1. The highest BCUT2D eigenvalue weighted by atomic mass is 16.5. The van der Waals surface area contributed by atoms with Crippen LogP contribution in [0.3, 0.4) is 0 Å². The van der Waals surface area contributed by atoms with E-state index in [4.69, 9.17) is 14.2 Å². The number of aryl methyl sites for hydroxylation is 1. The summed E-state index contributed by atoms with van der Waals surface area (Å²) in [5, 5.41) is 4.20. The molecule has 4 aromatic rings. The van der Waals surface area contributed by atoms with Crippen LogP contribution in [0, 0.1) is 6.92 Å². The maximum atomic E-state index is 13.7. The van der Waals surface area contributed by atoms with E-state index in [1.165, 1.54) is 5.56 Å². The molecule has 0 fully saturated rings. The monoisotopic (exact) mass is 471 g/mol. The van der Waals surface area contributed by atoms with Crippen LogP contribution in [-0.2, 0) is 6.42 Å². The molecule has 35 heavy (non-hydrogen) atoms. The second-order valence-corrected chi connectivity index (χ2v) is 8.68. The van der Waals surface area contributed by atoms with Crippen molar-refractivity contribution < 1.29 is 19.0 Å². The molecule has 7 nitrogen and oxygen atoms in total. The lowest BCUT2D eigenvalue weighted by Crippen LogP contribution is -2.43. The van der Waals surface area contributed by atoms with E-state index in [0.29, 0.717) is 18.0 Å². The number of anilines is 1. The Labute approximate surface area is 204 Å². The van der Waals surface area contributed by atoms with Gasteiger partial charge < -0.3 is 29.4 Å². The molecule has 0 unspecified atom stereocenters. The van der Waals surface area contributed by atoms with E-state index < -0.39 is 0 Å². The van der Waals surface area contributed by atoms with Gasteiger partial charge >= 0.3 is 6.03 Å². The lowest BCUT2D eigenvalue weighted by molar-refractivity contribution is 0.193. The van der Waals surface area contributed by atoms with Crippen molar-refractivity contribution >= 4 is 22.6 Å². The molecule has 180 valence electrons. The van der Waals surface area contributed by atoms with Crippen LogP contribution in [0.1, 0.15) is 28.4 Å². The number of urea groups is 1. The van der Waals surface area contributed by atoms with Crippen LogP contribution in [-0.4, -0.2) is 43.8 Å². The molecule has 0 saturated heterocycles. The minimum atomic E-state index is -0.293. The summed E-state index contributed by atoms with van der Waals surface area (Å²) >= 11 is 0. The second kappa shape index (κ2) is 9.25. The highest BCUT2D eigenvalue weighted by Gasteiger charge is 2.35. The Kier molecular flexibility index (Phi) is 5.99. The van der Waals surface area contributed by atoms with Crippen molar-refractivity contribution in [1.29, 1.82) is 0 Å². The van der Waals surface area contributed by atoms with E-state index in [1.807, 2.05) is 66.4 Å². The molecule has 1 aliphatic heterocycles. The summed E-state index contributed by atoms with van der Waals surface area (Å²) in [6, 6.07) is 19.2. The van der Waals surface area contributed by atoms with Gasteiger partial charge in [-0.25, -0.2) is 4.79 Å². The van der Waals surface area contributed by atoms with Gasteiger partial charge in [0.25, 0.3) is 0 Å². The number of benzene rings is 3. The summed E-state index contributed by atoms with van der Waals surface area (Å²) in [5.74, 6) is 2.21. The molecular formula is C28H29N3O4. The van der Waals surface area contributed by atoms with E-state index in [0.717, 1.165) is 45.6 Å². The molecule has 0 bridgehead atoms. The fourth-order valence-electron chi connectivity index (χ4n) is 4.85. The van der Waals surface area contributed by atoms with Gasteiger partial charge in [0.2, 0.25) is 0 Å². The van der Waals surface area contributed by atoms with Gasteiger partial charge in [-0.2, -0.15) is 0 Å². The smallest absolute Gasteiger partial charge is 0.322 e. The lowest BCUT2D eigenvalue weighted by atomic mass is 9.92. The molecule has 1 aliphatic rings. The van der Waals surface area contributed by atoms with Crippen molar-refractivity contribution in [2.75, 3.05) is 33.2 Å². The van der Waals surface area contributed by atoms with Crippen molar-refractivity contribution in [1.82, 2.24) is 9.88 Å². The molecule has 2 heterocycles. The Morgan fingerprint density at radius 3 is 2.40 bits per heavy atom. The molecule has 2 N–H and O–H groups in total. The van der Waals surface area contributed by atoms with Crippen LogP contribution in [0.15, 0.2) is 60.7 Å². The minimum absolute atomic E-state index is 0.184. The van der Waals surface area contributed by atoms with Crippen molar-refractivity contribution in [3.63, 3.8) is 0 Å². The topological polar surface area (TPSA) is 75.8 Å². The largest absolute Gasteiger partial charge is 0.497 e. The second-order valence-electron chi connectivity index (χ2n) is 8.68. The first-order valence-electron chi connectivity index (χ1n) is 11.6. The number of amides is 2. The lowest BCUT2D eigenvalue weighted by Gasteiger charge is -2.36. The number of H-pyrrole nitrogens is 1. The molecule has 0 saturated carbocycles. The Balaban J connectivity index is 1.58. The number of carbonyl (C=O) groups is 1. The van der Waals surface area contributed by atoms with E-state index in [2.05, 4.69) is 16.4 Å². The SMILES string of the molecule is COc1ccc([C@H]2c3[nH]c4ccc(OC)cc4c3CCN2C(=O)Nc2cc(C)ccc2OC)cc1. The number of nitrogens with zero attached hydrogens (tertiary/aromatic N) is 1. The Bertz CT molecular complexity index is 1380. The number of aromatic amines is 1. The molecule has 3 aromatic carbocycles. The predicted octanol–water partition coefficient (Wildman–Crippen LogP) is 5.68. The normalized spacial score (nSPS) is 15.0. The molecule has 0 radical (unpaired) electrons. The van der Waals surface area contributed by atoms with E-state index >= 15 is 0 Å². The average molecular weight is 472 g/mol. The first-order valence-corrected chi connectivity index (χ1v) is 11.6. The van der Waals surface area contributed by atoms with E-state index in [1.54, 1.807) is 21.3 Å². The number of hydrogen-bond donors (Lipinski definition) is 2. The van der Waals surface area contributed by atoms with Crippen LogP contribution in [0.5, 0.6) is 17.2 Å². The summed E-state index contributed by atoms with van der Waals surface area (Å²) in [7, 11) is 4.92. The summed E-state index contributed by atoms with van der Waals surface area (Å²) in [4.78, 5) is 19.1. The van der Waals surface area contributed by atoms with Crippen molar-refractivity contribution in [3.8, 4) is 17.2 Å². The Morgan fingerprint density at radius 2 is 1.69 bits per heavy atom. The fourth-order valence-corrected chi connectivity index (χ4v) is 4.85. The van der Waals surface area contributed by atoms with Crippen LogP contribution in [0.4, 0.5) is 10.5 Å². The van der Waals surface area contributed by atoms with Crippen LogP contribution >= 0.6 is 0 Å². The van der Waals surface area contributed by atoms with Gasteiger partial charge in [0, 0.05) is 23.1 Å². The summed E-state index contributed by atoms with van der Waals surface area (Å²) in [5.41, 5.74) is 5.93. The van der Waals surface area contributed by atoms with Gasteiger partial charge in [-0.15, -0.1) is 0 Å². The highest BCUT2D eigenvalue weighted by Crippen LogP contribution is 2.40. The molecule has 2 amide bonds. The van der Waals surface area contributed by atoms with Crippen LogP contribution in [0.2, 0.25) is 0 Å². The molecular weight excluding hydrogens is 442 g/mol. The maximum Gasteiger partial charge on any atom is 0.322 e. The van der Waals surface area contributed by atoms with Gasteiger partial charge in [-0.1, -0.05) is 18.2 Å². The zero-order chi connectivity index (χ0) is 24.5. The zero-order valence-electron chi connectivity index (χ0n) is 20.3. The fraction of sp³-hybridized carbons (Fsp3) is 0.250.